The lowest BCUT2D eigenvalue weighted by atomic mass is 10.1. The standard InChI is InChI=1S/C9H10N2O4/c10-5-1-2-7(12)6(3-5)9(15)11-4-8(13)14/h1-3,12H,4,10H2,(H,11,15)(H,13,14). The fourth-order valence-electron chi connectivity index (χ4n) is 0.987. The molecule has 1 amide bonds. The third kappa shape index (κ3) is 2.87. The van der Waals surface area contributed by atoms with Crippen molar-refractivity contribution in [3.63, 3.8) is 0 Å². The van der Waals surface area contributed by atoms with E-state index in [1.54, 1.807) is 0 Å². The minimum atomic E-state index is -1.16. The van der Waals surface area contributed by atoms with E-state index in [0.717, 1.165) is 0 Å². The van der Waals surface area contributed by atoms with Crippen LogP contribution >= 0.6 is 0 Å². The number of carboxylic acid groups (broad SMARTS) is 1. The van der Waals surface area contributed by atoms with Crippen molar-refractivity contribution < 1.29 is 19.8 Å². The number of benzene rings is 1. The topological polar surface area (TPSA) is 113 Å². The molecular weight excluding hydrogens is 200 g/mol. The predicted octanol–water partition coefficient (Wildman–Crippen LogP) is -0.211. The zero-order valence-corrected chi connectivity index (χ0v) is 7.73. The first-order valence-corrected chi connectivity index (χ1v) is 4.09. The molecule has 0 atom stereocenters. The predicted molar refractivity (Wildman–Crippen MR) is 52.5 cm³/mol. The molecule has 1 aromatic carbocycles. The number of carbonyl (C=O) groups is 2. The molecule has 0 aliphatic heterocycles. The van der Waals surface area contributed by atoms with Gasteiger partial charge < -0.3 is 21.3 Å². The van der Waals surface area contributed by atoms with E-state index in [2.05, 4.69) is 5.32 Å². The first-order valence-electron chi connectivity index (χ1n) is 4.09. The highest BCUT2D eigenvalue weighted by Gasteiger charge is 2.11. The largest absolute Gasteiger partial charge is 0.507 e. The lowest BCUT2D eigenvalue weighted by Gasteiger charge is -2.05. The minimum Gasteiger partial charge on any atom is -0.507 e. The van der Waals surface area contributed by atoms with Crippen LogP contribution in [0.4, 0.5) is 5.69 Å². The van der Waals surface area contributed by atoms with Gasteiger partial charge in [0, 0.05) is 5.69 Å². The van der Waals surface area contributed by atoms with Gasteiger partial charge in [-0.15, -0.1) is 0 Å². The second kappa shape index (κ2) is 4.32. The molecule has 1 rings (SSSR count). The number of nitrogen functional groups attached to an aromatic ring is 1. The molecule has 0 bridgehead atoms. The Morgan fingerprint density at radius 2 is 2.07 bits per heavy atom. The summed E-state index contributed by atoms with van der Waals surface area (Å²) in [4.78, 5) is 21.5. The molecule has 0 heterocycles. The molecule has 6 heteroatoms. The van der Waals surface area contributed by atoms with Gasteiger partial charge in [0.1, 0.15) is 12.3 Å². The number of nitrogens with two attached hydrogens (primary N) is 1. The Kier molecular flexibility index (Phi) is 3.12. The average molecular weight is 210 g/mol. The second-order valence-electron chi connectivity index (χ2n) is 2.85. The maximum atomic E-state index is 11.3. The summed E-state index contributed by atoms with van der Waals surface area (Å²) < 4.78 is 0. The first kappa shape index (κ1) is 10.8. The van der Waals surface area contributed by atoms with Crippen LogP contribution in [-0.2, 0) is 4.79 Å². The number of phenols is 1. The molecule has 80 valence electrons. The molecule has 0 spiro atoms. The molecule has 0 fully saturated rings. The van der Waals surface area contributed by atoms with Crippen molar-refractivity contribution in [3.05, 3.63) is 23.8 Å². The van der Waals surface area contributed by atoms with Crippen LogP contribution in [0.2, 0.25) is 0 Å². The number of hydrogen-bond donors (Lipinski definition) is 4. The average Bonchev–Trinajstić information content (AvgIpc) is 2.18. The highest BCUT2D eigenvalue weighted by molar-refractivity contribution is 5.98. The summed E-state index contributed by atoms with van der Waals surface area (Å²) in [5.74, 6) is -2.08. The minimum absolute atomic E-state index is 0.0451. The third-order valence-corrected chi connectivity index (χ3v) is 1.67. The number of aliphatic carboxylic acids is 1. The highest BCUT2D eigenvalue weighted by atomic mass is 16.4. The summed E-state index contributed by atoms with van der Waals surface area (Å²) in [5.41, 5.74) is 5.68. The van der Waals surface area contributed by atoms with Crippen LogP contribution in [0.25, 0.3) is 0 Å². The number of anilines is 1. The molecule has 15 heavy (non-hydrogen) atoms. The van der Waals surface area contributed by atoms with Crippen LogP contribution in [0.5, 0.6) is 5.75 Å². The molecule has 0 saturated heterocycles. The molecule has 0 radical (unpaired) electrons. The number of rotatable bonds is 3. The van der Waals surface area contributed by atoms with Gasteiger partial charge in [-0.2, -0.15) is 0 Å². The summed E-state index contributed by atoms with van der Waals surface area (Å²) in [6.07, 6.45) is 0. The van der Waals surface area contributed by atoms with Crippen molar-refractivity contribution in [3.8, 4) is 5.75 Å². The lowest BCUT2D eigenvalue weighted by molar-refractivity contribution is -0.135. The third-order valence-electron chi connectivity index (χ3n) is 1.67. The summed E-state index contributed by atoms with van der Waals surface area (Å²) >= 11 is 0. The van der Waals surface area contributed by atoms with Gasteiger partial charge in [0.25, 0.3) is 5.91 Å². The van der Waals surface area contributed by atoms with Crippen LogP contribution in [0.15, 0.2) is 18.2 Å². The van der Waals surface area contributed by atoms with Gasteiger partial charge in [-0.3, -0.25) is 9.59 Å². The van der Waals surface area contributed by atoms with Gasteiger partial charge in [0.05, 0.1) is 5.56 Å². The van der Waals surface area contributed by atoms with Gasteiger partial charge >= 0.3 is 5.97 Å². The number of aromatic hydroxyl groups is 1. The fraction of sp³-hybridized carbons (Fsp3) is 0.111. The Labute approximate surface area is 85.3 Å². The summed E-state index contributed by atoms with van der Waals surface area (Å²) in [7, 11) is 0. The molecular formula is C9H10N2O4. The normalized spacial score (nSPS) is 9.60. The van der Waals surface area contributed by atoms with Crippen LogP contribution in [0.1, 0.15) is 10.4 Å². The van der Waals surface area contributed by atoms with E-state index < -0.39 is 18.4 Å². The zero-order valence-electron chi connectivity index (χ0n) is 7.73. The number of amides is 1. The molecule has 0 aromatic heterocycles. The van der Waals surface area contributed by atoms with E-state index in [9.17, 15) is 14.7 Å². The molecule has 0 aliphatic carbocycles. The zero-order chi connectivity index (χ0) is 11.4. The van der Waals surface area contributed by atoms with E-state index in [0.29, 0.717) is 5.69 Å². The SMILES string of the molecule is Nc1ccc(O)c(C(=O)NCC(=O)O)c1. The smallest absolute Gasteiger partial charge is 0.322 e. The Morgan fingerprint density at radius 3 is 2.67 bits per heavy atom. The lowest BCUT2D eigenvalue weighted by Crippen LogP contribution is -2.29. The number of nitrogens with one attached hydrogen (secondary N) is 1. The van der Waals surface area contributed by atoms with Gasteiger partial charge in [0.2, 0.25) is 0 Å². The van der Waals surface area contributed by atoms with E-state index in [1.165, 1.54) is 18.2 Å². The fourth-order valence-corrected chi connectivity index (χ4v) is 0.987. The number of carbonyl (C=O) groups excluding carboxylic acids is 1. The van der Waals surface area contributed by atoms with Crippen molar-refractivity contribution >= 4 is 17.6 Å². The van der Waals surface area contributed by atoms with Crippen LogP contribution < -0.4 is 11.1 Å². The van der Waals surface area contributed by atoms with E-state index in [4.69, 9.17) is 10.8 Å². The highest BCUT2D eigenvalue weighted by Crippen LogP contribution is 2.19. The number of hydrogen-bond acceptors (Lipinski definition) is 4. The van der Waals surface area contributed by atoms with Gasteiger partial charge in [-0.1, -0.05) is 0 Å². The van der Waals surface area contributed by atoms with Crippen LogP contribution in [0, 0.1) is 0 Å². The molecule has 0 unspecified atom stereocenters. The summed E-state index contributed by atoms with van der Waals surface area (Å²) in [6.45, 7) is -0.507. The van der Waals surface area contributed by atoms with Gasteiger partial charge in [0.15, 0.2) is 0 Å². The van der Waals surface area contributed by atoms with E-state index in [-0.39, 0.29) is 11.3 Å². The molecule has 1 aromatic rings. The quantitative estimate of drug-likeness (QED) is 0.407. The Balaban J connectivity index is 2.81. The van der Waals surface area contributed by atoms with Crippen molar-refractivity contribution in [1.29, 1.82) is 0 Å². The maximum absolute atomic E-state index is 11.3. The Bertz CT molecular complexity index is 403. The second-order valence-corrected chi connectivity index (χ2v) is 2.85. The van der Waals surface area contributed by atoms with E-state index >= 15 is 0 Å². The number of phenolic OH excluding ortho intramolecular Hbond substituents is 1. The van der Waals surface area contributed by atoms with Crippen LogP contribution in [0.3, 0.4) is 0 Å². The summed E-state index contributed by atoms with van der Waals surface area (Å²) in [6, 6.07) is 3.97. The van der Waals surface area contributed by atoms with Gasteiger partial charge in [-0.05, 0) is 18.2 Å². The van der Waals surface area contributed by atoms with Crippen molar-refractivity contribution in [2.45, 2.75) is 0 Å². The van der Waals surface area contributed by atoms with Gasteiger partial charge in [-0.25, -0.2) is 0 Å². The number of carboxylic acids is 1. The summed E-state index contributed by atoms with van der Waals surface area (Å²) in [5, 5.41) is 19.8. The van der Waals surface area contributed by atoms with Crippen molar-refractivity contribution in [2.75, 3.05) is 12.3 Å². The Hall–Kier alpha value is -2.24. The molecule has 0 saturated carbocycles. The Morgan fingerprint density at radius 1 is 1.40 bits per heavy atom. The van der Waals surface area contributed by atoms with Crippen molar-refractivity contribution in [2.24, 2.45) is 0 Å². The van der Waals surface area contributed by atoms with Crippen molar-refractivity contribution in [1.82, 2.24) is 5.32 Å². The monoisotopic (exact) mass is 210 g/mol. The molecule has 6 nitrogen and oxygen atoms in total. The molecule has 5 N–H and O–H groups in total. The maximum Gasteiger partial charge on any atom is 0.322 e. The van der Waals surface area contributed by atoms with Crippen LogP contribution in [-0.4, -0.2) is 28.6 Å². The first-order chi connectivity index (χ1) is 7.00. The van der Waals surface area contributed by atoms with E-state index in [1.807, 2.05) is 0 Å². The molecule has 0 aliphatic rings.